The number of nitrogens with one attached hydrogen (secondary N) is 1. The van der Waals surface area contributed by atoms with Gasteiger partial charge >= 0.3 is 12.1 Å². The van der Waals surface area contributed by atoms with Crippen LogP contribution in [0.1, 0.15) is 16.8 Å². The first-order valence-corrected chi connectivity index (χ1v) is 10.9. The maximum Gasteiger partial charge on any atom is 0.490 e. The van der Waals surface area contributed by atoms with Crippen molar-refractivity contribution in [2.45, 2.75) is 6.18 Å². The van der Waals surface area contributed by atoms with Crippen LogP contribution >= 0.6 is 0 Å². The molecule has 2 aromatic heterocycles. The molecule has 1 saturated heterocycles. The molecule has 188 valence electrons. The van der Waals surface area contributed by atoms with Crippen LogP contribution in [0.15, 0.2) is 48.7 Å². The van der Waals surface area contributed by atoms with Gasteiger partial charge in [-0.15, -0.1) is 0 Å². The number of pyridine rings is 1. The number of halogens is 4. The molecule has 36 heavy (non-hydrogen) atoms. The van der Waals surface area contributed by atoms with Crippen molar-refractivity contribution in [3.8, 4) is 17.3 Å². The van der Waals surface area contributed by atoms with Crippen LogP contribution in [-0.2, 0) is 11.8 Å². The molecule has 3 heterocycles. The number of nitrogens with zero attached hydrogens (tertiary/aromatic N) is 4. The summed E-state index contributed by atoms with van der Waals surface area (Å²) in [6, 6.07) is 14.6. The molecule has 0 radical (unpaired) electrons. The van der Waals surface area contributed by atoms with Gasteiger partial charge in [0.15, 0.2) is 0 Å². The number of rotatable bonds is 4. The third-order valence-electron chi connectivity index (χ3n) is 5.37. The molecule has 0 saturated carbocycles. The lowest BCUT2D eigenvalue weighted by molar-refractivity contribution is -0.192. The van der Waals surface area contributed by atoms with Crippen molar-refractivity contribution >= 4 is 23.9 Å². The Hall–Kier alpha value is -4.17. The van der Waals surface area contributed by atoms with E-state index < -0.39 is 12.1 Å². The monoisotopic (exact) mass is 501 g/mol. The topological polar surface area (TPSA) is 94.2 Å². The van der Waals surface area contributed by atoms with E-state index in [1.165, 1.54) is 12.1 Å². The van der Waals surface area contributed by atoms with E-state index in [0.717, 1.165) is 54.5 Å². The summed E-state index contributed by atoms with van der Waals surface area (Å²) in [5, 5.41) is 20.1. The van der Waals surface area contributed by atoms with Gasteiger partial charge in [-0.2, -0.15) is 18.4 Å². The molecular formula is C25H23F4N5O2. The van der Waals surface area contributed by atoms with Crippen LogP contribution in [0.25, 0.3) is 23.4 Å². The molecule has 0 amide bonds. The van der Waals surface area contributed by atoms with Crippen molar-refractivity contribution in [3.05, 3.63) is 71.3 Å². The van der Waals surface area contributed by atoms with Gasteiger partial charge in [-0.25, -0.2) is 9.18 Å². The minimum Gasteiger partial charge on any atom is -0.475 e. The van der Waals surface area contributed by atoms with Crippen molar-refractivity contribution < 1.29 is 27.5 Å². The van der Waals surface area contributed by atoms with Crippen LogP contribution in [0.2, 0.25) is 0 Å². The van der Waals surface area contributed by atoms with Crippen LogP contribution < -0.4 is 10.2 Å². The van der Waals surface area contributed by atoms with Gasteiger partial charge in [-0.1, -0.05) is 18.2 Å². The Morgan fingerprint density at radius 2 is 1.78 bits per heavy atom. The summed E-state index contributed by atoms with van der Waals surface area (Å²) in [5.41, 5.74) is 4.37. The van der Waals surface area contributed by atoms with Crippen LogP contribution in [0, 0.1) is 17.1 Å². The van der Waals surface area contributed by atoms with E-state index in [0.29, 0.717) is 5.56 Å². The van der Waals surface area contributed by atoms with E-state index in [4.69, 9.17) is 9.90 Å². The molecule has 0 spiro atoms. The Morgan fingerprint density at radius 1 is 1.14 bits per heavy atom. The van der Waals surface area contributed by atoms with Crippen molar-refractivity contribution in [1.29, 1.82) is 5.26 Å². The number of benzene rings is 1. The highest BCUT2D eigenvalue weighted by Gasteiger charge is 2.38. The molecule has 7 nitrogen and oxygen atoms in total. The first kappa shape index (κ1) is 26.4. The zero-order valence-electron chi connectivity index (χ0n) is 19.3. The van der Waals surface area contributed by atoms with Gasteiger partial charge in [0.2, 0.25) is 0 Å². The number of carbonyl (C=O) groups is 1. The Balaban J connectivity index is 0.000000454. The summed E-state index contributed by atoms with van der Waals surface area (Å²) in [5.74, 6) is -2.05. The smallest absolute Gasteiger partial charge is 0.475 e. The fourth-order valence-electron chi connectivity index (χ4n) is 3.67. The Kier molecular flexibility index (Phi) is 8.45. The quantitative estimate of drug-likeness (QED) is 0.518. The minimum absolute atomic E-state index is 0.250. The molecule has 1 fully saturated rings. The van der Waals surface area contributed by atoms with Crippen molar-refractivity contribution in [1.82, 2.24) is 14.9 Å². The molecular weight excluding hydrogens is 478 g/mol. The number of carboxylic acids is 1. The number of alkyl halides is 3. The highest BCUT2D eigenvalue weighted by molar-refractivity contribution is 5.74. The second-order valence-electron chi connectivity index (χ2n) is 7.83. The van der Waals surface area contributed by atoms with E-state index in [1.54, 1.807) is 18.3 Å². The molecule has 3 aromatic rings. The van der Waals surface area contributed by atoms with Gasteiger partial charge in [-0.3, -0.25) is 4.98 Å². The van der Waals surface area contributed by atoms with E-state index in [-0.39, 0.29) is 5.82 Å². The third kappa shape index (κ3) is 6.70. The second-order valence-corrected chi connectivity index (χ2v) is 7.83. The number of nitriles is 1. The Morgan fingerprint density at radius 3 is 2.36 bits per heavy atom. The molecule has 0 bridgehead atoms. The first-order valence-electron chi connectivity index (χ1n) is 10.9. The predicted molar refractivity (Wildman–Crippen MR) is 127 cm³/mol. The molecule has 0 atom stereocenters. The van der Waals surface area contributed by atoms with Crippen molar-refractivity contribution in [2.24, 2.45) is 7.05 Å². The fraction of sp³-hybridized carbons (Fsp3) is 0.240. The Bertz CT molecular complexity index is 1270. The molecule has 11 heteroatoms. The van der Waals surface area contributed by atoms with E-state index in [9.17, 15) is 22.8 Å². The summed E-state index contributed by atoms with van der Waals surface area (Å²) < 4.78 is 46.9. The lowest BCUT2D eigenvalue weighted by Crippen LogP contribution is -2.44. The van der Waals surface area contributed by atoms with Crippen LogP contribution in [0.4, 0.5) is 23.4 Å². The zero-order chi connectivity index (χ0) is 26.3. The summed E-state index contributed by atoms with van der Waals surface area (Å²) in [6.45, 7) is 3.60. The average Bonchev–Trinajstić information content (AvgIpc) is 3.20. The SMILES string of the molecule is Cn1c(-c2ccnc(/C=C/c3ccc(F)cc3)c2)cc(C#N)c1N1CCNCC1.O=C(O)C(F)(F)F. The normalized spacial score (nSPS) is 13.7. The molecule has 0 aliphatic carbocycles. The summed E-state index contributed by atoms with van der Waals surface area (Å²) in [7, 11) is 2.00. The predicted octanol–water partition coefficient (Wildman–Crippen LogP) is 4.31. The third-order valence-corrected chi connectivity index (χ3v) is 5.37. The molecule has 0 unspecified atom stereocenters. The number of aromatic nitrogens is 2. The lowest BCUT2D eigenvalue weighted by atomic mass is 10.1. The summed E-state index contributed by atoms with van der Waals surface area (Å²) >= 11 is 0. The maximum atomic E-state index is 13.1. The van der Waals surface area contributed by atoms with Gasteiger partial charge in [-0.05, 0) is 42.0 Å². The second kappa shape index (κ2) is 11.5. The number of hydrogen-bond donors (Lipinski definition) is 2. The van der Waals surface area contributed by atoms with Gasteiger partial charge in [0, 0.05) is 45.0 Å². The van der Waals surface area contributed by atoms with Crippen molar-refractivity contribution in [3.63, 3.8) is 0 Å². The fourth-order valence-corrected chi connectivity index (χ4v) is 3.67. The molecule has 1 aliphatic heterocycles. The average molecular weight is 501 g/mol. The van der Waals surface area contributed by atoms with Crippen LogP contribution in [0.5, 0.6) is 0 Å². The van der Waals surface area contributed by atoms with E-state index >= 15 is 0 Å². The molecule has 1 aliphatic rings. The van der Waals surface area contributed by atoms with Gasteiger partial charge in [0.25, 0.3) is 0 Å². The standard InChI is InChI=1S/C23H22FN5.C2HF3O2/c1-28-22(15-19(16-25)23(28)29-12-10-26-11-13-29)18-8-9-27-21(14-18)7-4-17-2-5-20(24)6-3-17;3-2(4,5)1(6)7/h2-9,14-15,26H,10-13H2,1H3;(H,6,7)/b7-4+;. The van der Waals surface area contributed by atoms with Crippen molar-refractivity contribution in [2.75, 3.05) is 31.1 Å². The summed E-state index contributed by atoms with van der Waals surface area (Å²) in [6.07, 6.45) is 0.495. The molecule has 4 rings (SSSR count). The minimum atomic E-state index is -5.08. The highest BCUT2D eigenvalue weighted by Crippen LogP contribution is 2.31. The number of anilines is 1. The van der Waals surface area contributed by atoms with E-state index in [1.807, 2.05) is 37.4 Å². The molecule has 2 N–H and O–H groups in total. The number of carboxylic acid groups (broad SMARTS) is 1. The van der Waals surface area contributed by atoms with E-state index in [2.05, 4.69) is 25.8 Å². The van der Waals surface area contributed by atoms with Crippen LogP contribution in [0.3, 0.4) is 0 Å². The first-order chi connectivity index (χ1) is 17.1. The Labute approximate surface area is 204 Å². The number of aliphatic carboxylic acids is 1. The largest absolute Gasteiger partial charge is 0.490 e. The van der Waals surface area contributed by atoms with Gasteiger partial charge in [0.1, 0.15) is 17.7 Å². The zero-order valence-corrected chi connectivity index (χ0v) is 19.3. The summed E-state index contributed by atoms with van der Waals surface area (Å²) in [4.78, 5) is 15.6. The van der Waals surface area contributed by atoms with Gasteiger partial charge in [0.05, 0.1) is 17.0 Å². The van der Waals surface area contributed by atoms with Crippen LogP contribution in [-0.4, -0.2) is 53.0 Å². The maximum absolute atomic E-state index is 13.1. The highest BCUT2D eigenvalue weighted by atomic mass is 19.4. The lowest BCUT2D eigenvalue weighted by Gasteiger charge is -2.30. The van der Waals surface area contributed by atoms with Gasteiger partial charge < -0.3 is 19.9 Å². The number of piperazine rings is 1. The molecule has 1 aromatic carbocycles. The number of hydrogen-bond acceptors (Lipinski definition) is 5.